The normalized spacial score (nSPS) is 10.2. The number of rotatable bonds is 6. The molecule has 0 aromatic heterocycles. The van der Waals surface area contributed by atoms with Gasteiger partial charge in [0.2, 0.25) is 0 Å². The first-order valence-corrected chi connectivity index (χ1v) is 6.84. The molecule has 0 heterocycles. The van der Waals surface area contributed by atoms with Crippen LogP contribution in [-0.4, -0.2) is 24.6 Å². The molecule has 0 saturated heterocycles. The number of aryl methyl sites for hydroxylation is 1. The van der Waals surface area contributed by atoms with E-state index in [9.17, 15) is 19.3 Å². The monoisotopic (exact) mass is 318 g/mol. The Morgan fingerprint density at radius 3 is 2.52 bits per heavy atom. The van der Waals surface area contributed by atoms with Crippen LogP contribution >= 0.6 is 0 Å². The van der Waals surface area contributed by atoms with Gasteiger partial charge in [0.25, 0.3) is 11.6 Å². The molecule has 6 nitrogen and oxygen atoms in total. The van der Waals surface area contributed by atoms with Crippen LogP contribution in [0.25, 0.3) is 0 Å². The second-order valence-corrected chi connectivity index (χ2v) is 4.73. The summed E-state index contributed by atoms with van der Waals surface area (Å²) in [5.74, 6) is -0.286. The van der Waals surface area contributed by atoms with E-state index in [4.69, 9.17) is 4.74 Å². The minimum atomic E-state index is -0.581. The van der Waals surface area contributed by atoms with E-state index in [2.05, 4.69) is 5.32 Å². The van der Waals surface area contributed by atoms with Crippen LogP contribution in [0.4, 0.5) is 15.8 Å². The lowest BCUT2D eigenvalue weighted by Gasteiger charge is -2.09. The summed E-state index contributed by atoms with van der Waals surface area (Å²) < 4.78 is 17.3. The Morgan fingerprint density at radius 2 is 1.96 bits per heavy atom. The van der Waals surface area contributed by atoms with Crippen molar-refractivity contribution in [2.24, 2.45) is 0 Å². The van der Waals surface area contributed by atoms with Crippen molar-refractivity contribution in [3.8, 4) is 5.75 Å². The van der Waals surface area contributed by atoms with E-state index in [0.717, 1.165) is 11.6 Å². The number of ether oxygens (including phenoxy) is 1. The summed E-state index contributed by atoms with van der Waals surface area (Å²) in [6, 6.07) is 10.5. The summed E-state index contributed by atoms with van der Waals surface area (Å²) in [6.07, 6.45) is 0.312. The Kier molecular flexibility index (Phi) is 5.24. The average molecular weight is 318 g/mol. The molecule has 0 aliphatic rings. The lowest BCUT2D eigenvalue weighted by molar-refractivity contribution is -0.384. The molecule has 120 valence electrons. The first-order valence-electron chi connectivity index (χ1n) is 6.84. The van der Waals surface area contributed by atoms with Gasteiger partial charge in [-0.3, -0.25) is 19.3 Å². The lowest BCUT2D eigenvalue weighted by atomic mass is 10.1. The van der Waals surface area contributed by atoms with Crippen LogP contribution in [0.1, 0.15) is 15.9 Å². The molecule has 2 aromatic carbocycles. The minimum absolute atomic E-state index is 0.0644. The molecule has 0 spiro atoms. The van der Waals surface area contributed by atoms with E-state index in [1.165, 1.54) is 19.2 Å². The van der Waals surface area contributed by atoms with Crippen molar-refractivity contribution < 1.29 is 18.8 Å². The number of nitrogens with one attached hydrogen (secondary N) is 1. The zero-order valence-electron chi connectivity index (χ0n) is 12.4. The highest BCUT2D eigenvalue weighted by Gasteiger charge is 2.17. The van der Waals surface area contributed by atoms with Gasteiger partial charge < -0.3 is 10.1 Å². The van der Waals surface area contributed by atoms with Gasteiger partial charge in [0.1, 0.15) is 5.75 Å². The maximum atomic E-state index is 12.3. The number of nitrogens with zero attached hydrogens (tertiary/aromatic N) is 1. The summed E-state index contributed by atoms with van der Waals surface area (Å²) in [5.41, 5.74) is 1.19. The first-order chi connectivity index (χ1) is 11.0. The molecular formula is C16H15FN2O4. The van der Waals surface area contributed by atoms with Crippen LogP contribution in [0.5, 0.6) is 5.75 Å². The number of carbonyl (C=O) groups is 1. The molecule has 2 aromatic rings. The summed E-state index contributed by atoms with van der Waals surface area (Å²) in [4.78, 5) is 22.6. The van der Waals surface area contributed by atoms with Gasteiger partial charge in [-0.05, 0) is 23.8 Å². The fourth-order valence-electron chi connectivity index (χ4n) is 2.05. The van der Waals surface area contributed by atoms with Gasteiger partial charge in [0.15, 0.2) is 0 Å². The largest absolute Gasteiger partial charge is 0.496 e. The predicted octanol–water partition coefficient (Wildman–Crippen LogP) is 3.37. The van der Waals surface area contributed by atoms with Crippen molar-refractivity contribution in [2.75, 3.05) is 19.1 Å². The molecule has 2 rings (SSSR count). The van der Waals surface area contributed by atoms with Gasteiger partial charge in [-0.2, -0.15) is 0 Å². The number of halogens is 1. The Bertz CT molecular complexity index is 717. The van der Waals surface area contributed by atoms with Crippen LogP contribution in [0.3, 0.4) is 0 Å². The molecule has 0 unspecified atom stereocenters. The second-order valence-electron chi connectivity index (χ2n) is 4.73. The standard InChI is InChI=1S/C16H15FN2O4/c1-23-15-7-6-13(19(21)22)10-14(15)16(20)18-12-4-2-11(3-5-12)8-9-17/h2-7,10H,8-9H2,1H3,(H,18,20). The van der Waals surface area contributed by atoms with Crippen molar-refractivity contribution >= 4 is 17.3 Å². The highest BCUT2D eigenvalue weighted by molar-refractivity contribution is 6.06. The topological polar surface area (TPSA) is 81.5 Å². The Morgan fingerprint density at radius 1 is 1.26 bits per heavy atom. The molecule has 0 aliphatic heterocycles. The third kappa shape index (κ3) is 4.03. The van der Waals surface area contributed by atoms with Gasteiger partial charge in [-0.1, -0.05) is 12.1 Å². The molecule has 7 heteroatoms. The SMILES string of the molecule is COc1ccc([N+](=O)[O-])cc1C(=O)Nc1ccc(CCF)cc1. The maximum absolute atomic E-state index is 12.3. The van der Waals surface area contributed by atoms with Gasteiger partial charge in [0, 0.05) is 24.2 Å². The van der Waals surface area contributed by atoms with Crippen LogP contribution in [0, 0.1) is 10.1 Å². The first kappa shape index (κ1) is 16.4. The van der Waals surface area contributed by atoms with Gasteiger partial charge in [-0.15, -0.1) is 0 Å². The number of nitro benzene ring substituents is 1. The fourth-order valence-corrected chi connectivity index (χ4v) is 2.05. The number of benzene rings is 2. The summed E-state index contributed by atoms with van der Waals surface area (Å²) in [7, 11) is 1.38. The van der Waals surface area contributed by atoms with E-state index in [-0.39, 0.29) is 17.0 Å². The van der Waals surface area contributed by atoms with Crippen molar-refractivity contribution in [2.45, 2.75) is 6.42 Å². The maximum Gasteiger partial charge on any atom is 0.270 e. The molecule has 1 amide bonds. The highest BCUT2D eigenvalue weighted by Crippen LogP contribution is 2.25. The van der Waals surface area contributed by atoms with E-state index in [0.29, 0.717) is 12.1 Å². The Hall–Kier alpha value is -2.96. The van der Waals surface area contributed by atoms with Crippen molar-refractivity contribution in [1.82, 2.24) is 0 Å². The van der Waals surface area contributed by atoms with E-state index in [1.807, 2.05) is 0 Å². The molecular weight excluding hydrogens is 303 g/mol. The smallest absolute Gasteiger partial charge is 0.270 e. The van der Waals surface area contributed by atoms with Crippen molar-refractivity contribution in [1.29, 1.82) is 0 Å². The third-order valence-electron chi connectivity index (χ3n) is 3.23. The zero-order valence-corrected chi connectivity index (χ0v) is 12.4. The fraction of sp³-hybridized carbons (Fsp3) is 0.188. The summed E-state index contributed by atoms with van der Waals surface area (Å²) in [5, 5.41) is 13.5. The van der Waals surface area contributed by atoms with E-state index >= 15 is 0 Å². The van der Waals surface area contributed by atoms with E-state index < -0.39 is 17.5 Å². The molecule has 0 atom stereocenters. The van der Waals surface area contributed by atoms with Gasteiger partial charge in [0.05, 0.1) is 24.3 Å². The Balaban J connectivity index is 2.22. The predicted molar refractivity (Wildman–Crippen MR) is 83.7 cm³/mol. The van der Waals surface area contributed by atoms with Gasteiger partial charge >= 0.3 is 0 Å². The number of hydrogen-bond donors (Lipinski definition) is 1. The van der Waals surface area contributed by atoms with Crippen LogP contribution in [-0.2, 0) is 6.42 Å². The molecule has 23 heavy (non-hydrogen) atoms. The molecule has 0 saturated carbocycles. The lowest BCUT2D eigenvalue weighted by Crippen LogP contribution is -2.13. The summed E-state index contributed by atoms with van der Waals surface area (Å²) in [6.45, 7) is -0.448. The quantitative estimate of drug-likeness (QED) is 0.654. The summed E-state index contributed by atoms with van der Waals surface area (Å²) >= 11 is 0. The number of nitro groups is 1. The zero-order chi connectivity index (χ0) is 16.8. The molecule has 0 bridgehead atoms. The Labute approximate surface area is 132 Å². The number of carbonyl (C=O) groups excluding carboxylic acids is 1. The van der Waals surface area contributed by atoms with E-state index in [1.54, 1.807) is 24.3 Å². The number of anilines is 1. The number of hydrogen-bond acceptors (Lipinski definition) is 4. The van der Waals surface area contributed by atoms with Crippen LogP contribution in [0.15, 0.2) is 42.5 Å². The average Bonchev–Trinajstić information content (AvgIpc) is 2.56. The molecule has 0 fully saturated rings. The molecule has 0 radical (unpaired) electrons. The van der Waals surface area contributed by atoms with Crippen LogP contribution < -0.4 is 10.1 Å². The highest BCUT2D eigenvalue weighted by atomic mass is 19.1. The van der Waals surface area contributed by atoms with Crippen molar-refractivity contribution in [3.63, 3.8) is 0 Å². The van der Waals surface area contributed by atoms with Gasteiger partial charge in [-0.25, -0.2) is 0 Å². The number of amides is 1. The minimum Gasteiger partial charge on any atom is -0.496 e. The van der Waals surface area contributed by atoms with Crippen molar-refractivity contribution in [3.05, 3.63) is 63.7 Å². The number of non-ortho nitro benzene ring substituents is 1. The second kappa shape index (κ2) is 7.35. The molecule has 0 aliphatic carbocycles. The number of alkyl halides is 1. The third-order valence-corrected chi connectivity index (χ3v) is 3.23. The molecule has 1 N–H and O–H groups in total. The number of methoxy groups -OCH3 is 1. The van der Waals surface area contributed by atoms with Crippen LogP contribution in [0.2, 0.25) is 0 Å².